The van der Waals surface area contributed by atoms with Crippen LogP contribution in [0.5, 0.6) is 0 Å². The van der Waals surface area contributed by atoms with E-state index in [1.807, 2.05) is 0 Å². The second kappa shape index (κ2) is 9.80. The molecule has 3 N–H and O–H groups in total. The SMILES string of the molecule is NCCc1nc(C(=O)NCc2cccc(CN3CCCCCC3)c2)cs1. The molecule has 2 heterocycles. The van der Waals surface area contributed by atoms with Crippen molar-refractivity contribution in [2.24, 2.45) is 5.73 Å². The number of thiazole rings is 1. The van der Waals surface area contributed by atoms with Crippen molar-refractivity contribution in [3.8, 4) is 0 Å². The molecule has 5 nitrogen and oxygen atoms in total. The van der Waals surface area contributed by atoms with Crippen LogP contribution in [0.4, 0.5) is 0 Å². The van der Waals surface area contributed by atoms with Gasteiger partial charge in [0.15, 0.2) is 0 Å². The highest BCUT2D eigenvalue weighted by molar-refractivity contribution is 7.09. The first kappa shape index (κ1) is 19.0. The Bertz CT molecular complexity index is 707. The van der Waals surface area contributed by atoms with Gasteiger partial charge in [-0.15, -0.1) is 11.3 Å². The Morgan fingerprint density at radius 1 is 1.19 bits per heavy atom. The lowest BCUT2D eigenvalue weighted by molar-refractivity contribution is 0.0946. The van der Waals surface area contributed by atoms with E-state index in [0.717, 1.165) is 23.5 Å². The predicted molar refractivity (Wildman–Crippen MR) is 106 cm³/mol. The van der Waals surface area contributed by atoms with E-state index in [0.29, 0.717) is 18.8 Å². The van der Waals surface area contributed by atoms with E-state index in [1.165, 1.54) is 55.7 Å². The minimum atomic E-state index is -0.123. The number of carbonyl (C=O) groups is 1. The minimum Gasteiger partial charge on any atom is -0.347 e. The average molecular weight is 373 g/mol. The molecule has 26 heavy (non-hydrogen) atoms. The van der Waals surface area contributed by atoms with E-state index in [4.69, 9.17) is 5.73 Å². The van der Waals surface area contributed by atoms with E-state index in [1.54, 1.807) is 5.38 Å². The Hall–Kier alpha value is -1.76. The van der Waals surface area contributed by atoms with Crippen LogP contribution in [-0.4, -0.2) is 35.4 Å². The van der Waals surface area contributed by atoms with Gasteiger partial charge in [0.25, 0.3) is 5.91 Å². The quantitative estimate of drug-likeness (QED) is 0.784. The zero-order chi connectivity index (χ0) is 18.2. The van der Waals surface area contributed by atoms with Crippen LogP contribution in [0.15, 0.2) is 29.6 Å². The fraction of sp³-hybridized carbons (Fsp3) is 0.500. The highest BCUT2D eigenvalue weighted by Crippen LogP contribution is 2.15. The average Bonchev–Trinajstić information content (AvgIpc) is 2.97. The number of hydrogen-bond acceptors (Lipinski definition) is 5. The van der Waals surface area contributed by atoms with E-state index in [2.05, 4.69) is 39.5 Å². The number of hydrogen-bond donors (Lipinski definition) is 2. The van der Waals surface area contributed by atoms with E-state index in [9.17, 15) is 4.79 Å². The van der Waals surface area contributed by atoms with Gasteiger partial charge in [-0.1, -0.05) is 37.1 Å². The van der Waals surface area contributed by atoms with Crippen LogP contribution in [0.2, 0.25) is 0 Å². The number of rotatable bonds is 7. The molecule has 0 bridgehead atoms. The third-order valence-corrected chi connectivity index (χ3v) is 5.60. The highest BCUT2D eigenvalue weighted by atomic mass is 32.1. The van der Waals surface area contributed by atoms with Crippen molar-refractivity contribution in [1.82, 2.24) is 15.2 Å². The lowest BCUT2D eigenvalue weighted by Gasteiger charge is -2.20. The smallest absolute Gasteiger partial charge is 0.271 e. The van der Waals surface area contributed by atoms with E-state index in [-0.39, 0.29) is 5.91 Å². The molecule has 0 radical (unpaired) electrons. The van der Waals surface area contributed by atoms with Gasteiger partial charge in [0.05, 0.1) is 5.01 Å². The van der Waals surface area contributed by atoms with Gasteiger partial charge in [0.2, 0.25) is 0 Å². The van der Waals surface area contributed by atoms with Crippen LogP contribution < -0.4 is 11.1 Å². The van der Waals surface area contributed by atoms with Gasteiger partial charge >= 0.3 is 0 Å². The fourth-order valence-electron chi connectivity index (χ4n) is 3.32. The Morgan fingerprint density at radius 2 is 1.96 bits per heavy atom. The molecule has 1 aromatic carbocycles. The maximum atomic E-state index is 12.3. The topological polar surface area (TPSA) is 71.2 Å². The second-order valence-electron chi connectivity index (χ2n) is 6.86. The van der Waals surface area contributed by atoms with Crippen molar-refractivity contribution in [2.75, 3.05) is 19.6 Å². The summed E-state index contributed by atoms with van der Waals surface area (Å²) in [6, 6.07) is 8.52. The van der Waals surface area contributed by atoms with Crippen LogP contribution in [0.3, 0.4) is 0 Å². The number of likely N-dealkylation sites (tertiary alicyclic amines) is 1. The summed E-state index contributed by atoms with van der Waals surface area (Å²) >= 11 is 1.49. The first-order chi connectivity index (χ1) is 12.7. The van der Waals surface area contributed by atoms with Crippen molar-refractivity contribution in [3.63, 3.8) is 0 Å². The number of benzene rings is 1. The third-order valence-electron chi connectivity index (χ3n) is 4.69. The lowest BCUT2D eigenvalue weighted by atomic mass is 10.1. The molecule has 1 aromatic heterocycles. The molecule has 0 unspecified atom stereocenters. The summed E-state index contributed by atoms with van der Waals surface area (Å²) in [4.78, 5) is 19.1. The molecule has 2 aromatic rings. The minimum absolute atomic E-state index is 0.123. The number of nitrogens with one attached hydrogen (secondary N) is 1. The van der Waals surface area contributed by atoms with Crippen molar-refractivity contribution in [2.45, 2.75) is 45.2 Å². The predicted octanol–water partition coefficient (Wildman–Crippen LogP) is 2.95. The van der Waals surface area contributed by atoms with Gasteiger partial charge in [0.1, 0.15) is 5.69 Å². The van der Waals surface area contributed by atoms with Crippen LogP contribution in [0.25, 0.3) is 0 Å². The van der Waals surface area contributed by atoms with Gasteiger partial charge in [-0.2, -0.15) is 0 Å². The normalized spacial score (nSPS) is 15.6. The number of amides is 1. The summed E-state index contributed by atoms with van der Waals surface area (Å²) in [5, 5.41) is 5.69. The fourth-order valence-corrected chi connectivity index (χ4v) is 4.11. The van der Waals surface area contributed by atoms with Crippen LogP contribution in [-0.2, 0) is 19.5 Å². The van der Waals surface area contributed by atoms with Gasteiger partial charge in [-0.05, 0) is 43.6 Å². The van der Waals surface area contributed by atoms with Crippen LogP contribution in [0.1, 0.15) is 52.3 Å². The van der Waals surface area contributed by atoms with Crippen molar-refractivity contribution in [3.05, 3.63) is 51.5 Å². The Morgan fingerprint density at radius 3 is 2.73 bits per heavy atom. The maximum absolute atomic E-state index is 12.3. The Balaban J connectivity index is 1.53. The number of nitrogens with two attached hydrogens (primary N) is 1. The second-order valence-corrected chi connectivity index (χ2v) is 7.80. The Labute approximate surface area is 159 Å². The molecule has 1 amide bonds. The van der Waals surface area contributed by atoms with Crippen molar-refractivity contribution < 1.29 is 4.79 Å². The first-order valence-electron chi connectivity index (χ1n) is 9.47. The lowest BCUT2D eigenvalue weighted by Crippen LogP contribution is -2.25. The monoisotopic (exact) mass is 372 g/mol. The molecule has 1 aliphatic rings. The van der Waals surface area contributed by atoms with E-state index >= 15 is 0 Å². The zero-order valence-corrected chi connectivity index (χ0v) is 16.1. The molecule has 0 atom stereocenters. The molecule has 140 valence electrons. The van der Waals surface area contributed by atoms with Crippen LogP contribution in [0, 0.1) is 0 Å². The summed E-state index contributed by atoms with van der Waals surface area (Å²) in [6.07, 6.45) is 6.03. The highest BCUT2D eigenvalue weighted by Gasteiger charge is 2.12. The molecule has 0 aliphatic carbocycles. The molecule has 1 saturated heterocycles. The maximum Gasteiger partial charge on any atom is 0.271 e. The summed E-state index contributed by atoms with van der Waals surface area (Å²) in [7, 11) is 0. The number of aromatic nitrogens is 1. The van der Waals surface area contributed by atoms with Gasteiger partial charge in [-0.3, -0.25) is 9.69 Å². The molecule has 1 fully saturated rings. The number of carbonyl (C=O) groups excluding carboxylic acids is 1. The standard InChI is InChI=1S/C20H28N4OS/c21-9-8-19-23-18(15-26-19)20(25)22-13-16-6-5-7-17(12-16)14-24-10-3-1-2-4-11-24/h5-7,12,15H,1-4,8-11,13-14,21H2,(H,22,25). The molecule has 6 heteroatoms. The summed E-state index contributed by atoms with van der Waals surface area (Å²) < 4.78 is 0. The molecular formula is C20H28N4OS. The van der Waals surface area contributed by atoms with Gasteiger partial charge in [-0.25, -0.2) is 4.98 Å². The first-order valence-corrected chi connectivity index (χ1v) is 10.4. The molecule has 0 saturated carbocycles. The summed E-state index contributed by atoms with van der Waals surface area (Å²) in [6.45, 7) is 4.46. The third kappa shape index (κ3) is 5.62. The summed E-state index contributed by atoms with van der Waals surface area (Å²) in [5.41, 5.74) is 8.46. The van der Waals surface area contributed by atoms with Crippen molar-refractivity contribution in [1.29, 1.82) is 0 Å². The van der Waals surface area contributed by atoms with Crippen molar-refractivity contribution >= 4 is 17.2 Å². The molecule has 1 aliphatic heterocycles. The molecule has 3 rings (SSSR count). The number of nitrogens with zero attached hydrogens (tertiary/aromatic N) is 2. The zero-order valence-electron chi connectivity index (χ0n) is 15.2. The van der Waals surface area contributed by atoms with E-state index < -0.39 is 0 Å². The van der Waals surface area contributed by atoms with Gasteiger partial charge in [0, 0.05) is 24.9 Å². The Kier molecular flexibility index (Phi) is 7.17. The summed E-state index contributed by atoms with van der Waals surface area (Å²) in [5.74, 6) is -0.123. The van der Waals surface area contributed by atoms with Gasteiger partial charge < -0.3 is 11.1 Å². The molecule has 0 spiro atoms. The largest absolute Gasteiger partial charge is 0.347 e. The molecular weight excluding hydrogens is 344 g/mol. The van der Waals surface area contributed by atoms with Crippen LogP contribution >= 0.6 is 11.3 Å².